The summed E-state index contributed by atoms with van der Waals surface area (Å²) < 4.78 is 6.17. The lowest BCUT2D eigenvalue weighted by molar-refractivity contribution is -0.384. The van der Waals surface area contributed by atoms with Crippen LogP contribution < -0.4 is 10.1 Å². The molecule has 4 rings (SSSR count). The van der Waals surface area contributed by atoms with E-state index in [1.165, 1.54) is 30.0 Å². The molecule has 0 spiro atoms. The number of carbonyl (C=O) groups excluding carboxylic acids is 2. The maximum absolute atomic E-state index is 13.1. The van der Waals surface area contributed by atoms with Gasteiger partial charge >= 0.3 is 0 Å². The topological polar surface area (TPSA) is 102 Å². The van der Waals surface area contributed by atoms with Gasteiger partial charge in [-0.1, -0.05) is 61.4 Å². The van der Waals surface area contributed by atoms with Crippen LogP contribution >= 0.6 is 24.0 Å². The number of para-hydroxylation sites is 1. The molecule has 2 aromatic carbocycles. The summed E-state index contributed by atoms with van der Waals surface area (Å²) in [6.07, 6.45) is 6.68. The van der Waals surface area contributed by atoms with E-state index in [1.807, 2.05) is 6.07 Å². The first-order valence-electron chi connectivity index (χ1n) is 11.0. The number of rotatable bonds is 7. The van der Waals surface area contributed by atoms with Crippen LogP contribution in [-0.4, -0.2) is 38.6 Å². The summed E-state index contributed by atoms with van der Waals surface area (Å²) in [5.41, 5.74) is 0.826. The predicted octanol–water partition coefficient (Wildman–Crippen LogP) is 5.15. The molecule has 10 heteroatoms. The van der Waals surface area contributed by atoms with Gasteiger partial charge in [-0.25, -0.2) is 0 Å². The first-order valence-corrected chi connectivity index (χ1v) is 12.2. The summed E-state index contributed by atoms with van der Waals surface area (Å²) in [6, 6.07) is 13.1. The zero-order chi connectivity index (χ0) is 24.1. The van der Waals surface area contributed by atoms with E-state index < -0.39 is 4.92 Å². The molecular weight excluding hydrogens is 474 g/mol. The summed E-state index contributed by atoms with van der Waals surface area (Å²) in [5, 5.41) is 14.0. The van der Waals surface area contributed by atoms with E-state index in [1.54, 1.807) is 35.2 Å². The van der Waals surface area contributed by atoms with E-state index in [0.29, 0.717) is 20.5 Å². The highest BCUT2D eigenvalue weighted by Crippen LogP contribution is 2.38. The molecule has 1 aliphatic heterocycles. The molecule has 0 atom stereocenters. The number of hydrogen-bond acceptors (Lipinski definition) is 7. The molecule has 0 aromatic heterocycles. The molecule has 2 amide bonds. The Labute approximate surface area is 206 Å². The summed E-state index contributed by atoms with van der Waals surface area (Å²) in [4.78, 5) is 38.3. The van der Waals surface area contributed by atoms with Gasteiger partial charge in [-0.2, -0.15) is 0 Å². The van der Waals surface area contributed by atoms with Gasteiger partial charge in [-0.15, -0.1) is 0 Å². The Hall–Kier alpha value is -3.24. The third kappa shape index (κ3) is 5.63. The summed E-state index contributed by atoms with van der Waals surface area (Å²) in [5.74, 6) is -0.308. The molecule has 1 N–H and O–H groups in total. The monoisotopic (exact) mass is 497 g/mol. The van der Waals surface area contributed by atoms with Gasteiger partial charge in [0, 0.05) is 29.4 Å². The van der Waals surface area contributed by atoms with Crippen molar-refractivity contribution in [3.05, 3.63) is 69.1 Å². The van der Waals surface area contributed by atoms with Crippen LogP contribution in [0.4, 0.5) is 11.4 Å². The number of nitro benzene ring substituents is 1. The lowest BCUT2D eigenvalue weighted by Crippen LogP contribution is -2.39. The van der Waals surface area contributed by atoms with E-state index in [-0.39, 0.29) is 35.9 Å². The van der Waals surface area contributed by atoms with Crippen molar-refractivity contribution >= 4 is 57.6 Å². The van der Waals surface area contributed by atoms with E-state index in [4.69, 9.17) is 17.0 Å². The average molecular weight is 498 g/mol. The van der Waals surface area contributed by atoms with Gasteiger partial charge in [0.25, 0.3) is 17.5 Å². The molecule has 2 aromatic rings. The lowest BCUT2D eigenvalue weighted by atomic mass is 9.94. The number of benzene rings is 2. The molecule has 8 nitrogen and oxygen atoms in total. The zero-order valence-corrected chi connectivity index (χ0v) is 19.9. The molecule has 0 radical (unpaired) electrons. The summed E-state index contributed by atoms with van der Waals surface area (Å²) in [6.45, 7) is -0.295. The van der Waals surface area contributed by atoms with E-state index in [0.717, 1.165) is 32.1 Å². The molecule has 1 saturated heterocycles. The van der Waals surface area contributed by atoms with Crippen molar-refractivity contribution in [3.8, 4) is 5.75 Å². The molecule has 2 aliphatic rings. The highest BCUT2D eigenvalue weighted by Gasteiger charge is 2.37. The molecule has 1 aliphatic carbocycles. The third-order valence-electron chi connectivity index (χ3n) is 5.67. The first kappa shape index (κ1) is 23.9. The van der Waals surface area contributed by atoms with Gasteiger partial charge in [0.15, 0.2) is 6.61 Å². The molecule has 2 fully saturated rings. The van der Waals surface area contributed by atoms with Gasteiger partial charge in [-0.3, -0.25) is 24.6 Å². The molecule has 1 heterocycles. The second kappa shape index (κ2) is 10.8. The Morgan fingerprint density at radius 1 is 1.21 bits per heavy atom. The van der Waals surface area contributed by atoms with Gasteiger partial charge < -0.3 is 10.1 Å². The normalized spacial score (nSPS) is 17.8. The van der Waals surface area contributed by atoms with Crippen molar-refractivity contribution in [2.45, 2.75) is 38.1 Å². The average Bonchev–Trinajstić information content (AvgIpc) is 3.11. The Bertz CT molecular complexity index is 1150. The smallest absolute Gasteiger partial charge is 0.270 e. The van der Waals surface area contributed by atoms with E-state index in [9.17, 15) is 19.7 Å². The van der Waals surface area contributed by atoms with Gasteiger partial charge in [-0.05, 0) is 37.1 Å². The van der Waals surface area contributed by atoms with E-state index in [2.05, 4.69) is 5.32 Å². The number of nitro groups is 1. The number of nitrogens with one attached hydrogen (secondary N) is 1. The Kier molecular flexibility index (Phi) is 7.59. The number of non-ortho nitro benzene ring substituents is 1. The molecule has 1 saturated carbocycles. The fourth-order valence-electron chi connectivity index (χ4n) is 4.03. The van der Waals surface area contributed by atoms with Crippen molar-refractivity contribution in [3.63, 3.8) is 0 Å². The summed E-state index contributed by atoms with van der Waals surface area (Å²) >= 11 is 6.66. The Balaban J connectivity index is 1.54. The van der Waals surface area contributed by atoms with Crippen molar-refractivity contribution in [1.82, 2.24) is 4.90 Å². The largest absolute Gasteiger partial charge is 0.483 e. The van der Waals surface area contributed by atoms with Gasteiger partial charge in [0.1, 0.15) is 10.1 Å². The predicted molar refractivity (Wildman–Crippen MR) is 136 cm³/mol. The Morgan fingerprint density at radius 3 is 2.65 bits per heavy atom. The maximum atomic E-state index is 13.1. The van der Waals surface area contributed by atoms with Crippen LogP contribution in [0.5, 0.6) is 5.75 Å². The molecular formula is C24H23N3O5S2. The van der Waals surface area contributed by atoms with Crippen molar-refractivity contribution in [2.24, 2.45) is 0 Å². The van der Waals surface area contributed by atoms with Crippen LogP contribution in [0, 0.1) is 10.1 Å². The van der Waals surface area contributed by atoms with Crippen molar-refractivity contribution < 1.29 is 19.2 Å². The number of thioether (sulfide) groups is 1. The second-order valence-electron chi connectivity index (χ2n) is 8.03. The quantitative estimate of drug-likeness (QED) is 0.244. The standard InChI is InChI=1S/C24H23N3O5S2/c28-22(25-17-7-3-1-4-8-17)15-32-20-12-11-19(27(30)31)13-16(20)14-21-23(29)26(24(33)34-21)18-9-5-2-6-10-18/h1,3-4,7-8,11-14,18H,2,5-6,9-10,15H2,(H,25,28)/b21-14-. The number of hydrogen-bond donors (Lipinski definition) is 1. The molecule has 0 unspecified atom stereocenters. The maximum Gasteiger partial charge on any atom is 0.270 e. The number of carbonyl (C=O) groups is 2. The Morgan fingerprint density at radius 2 is 1.94 bits per heavy atom. The highest BCUT2D eigenvalue weighted by atomic mass is 32.2. The van der Waals surface area contributed by atoms with E-state index >= 15 is 0 Å². The van der Waals surface area contributed by atoms with Crippen LogP contribution in [0.3, 0.4) is 0 Å². The summed E-state index contributed by atoms with van der Waals surface area (Å²) in [7, 11) is 0. The molecule has 0 bridgehead atoms. The third-order valence-corrected chi connectivity index (χ3v) is 7.00. The first-order chi connectivity index (χ1) is 16.4. The fraction of sp³-hybridized carbons (Fsp3) is 0.292. The zero-order valence-electron chi connectivity index (χ0n) is 18.3. The number of ether oxygens (including phenoxy) is 1. The van der Waals surface area contributed by atoms with Crippen LogP contribution in [-0.2, 0) is 9.59 Å². The van der Waals surface area contributed by atoms with Gasteiger partial charge in [0.2, 0.25) is 0 Å². The van der Waals surface area contributed by atoms with Crippen LogP contribution in [0.2, 0.25) is 0 Å². The minimum atomic E-state index is -0.517. The fourth-order valence-corrected chi connectivity index (χ4v) is 5.42. The lowest BCUT2D eigenvalue weighted by Gasteiger charge is -2.29. The number of thiocarbonyl (C=S) groups is 1. The van der Waals surface area contributed by atoms with Gasteiger partial charge in [0.05, 0.1) is 9.83 Å². The number of anilines is 1. The number of nitrogens with zero attached hydrogens (tertiary/aromatic N) is 2. The molecule has 34 heavy (non-hydrogen) atoms. The van der Waals surface area contributed by atoms with Crippen molar-refractivity contribution in [1.29, 1.82) is 0 Å². The van der Waals surface area contributed by atoms with Crippen molar-refractivity contribution in [2.75, 3.05) is 11.9 Å². The van der Waals surface area contributed by atoms with Crippen LogP contribution in [0.15, 0.2) is 53.4 Å². The number of amides is 2. The second-order valence-corrected chi connectivity index (χ2v) is 9.70. The minimum Gasteiger partial charge on any atom is -0.483 e. The SMILES string of the molecule is O=C(COc1ccc([N+](=O)[O-])cc1/C=C1\SC(=S)N(C2CCCCC2)C1=O)Nc1ccccc1. The van der Waals surface area contributed by atoms with Crippen LogP contribution in [0.1, 0.15) is 37.7 Å². The van der Waals surface area contributed by atoms with Crippen LogP contribution in [0.25, 0.3) is 6.08 Å². The minimum absolute atomic E-state index is 0.0923. The highest BCUT2D eigenvalue weighted by molar-refractivity contribution is 8.26. The molecule has 176 valence electrons.